The Balaban J connectivity index is 2.82. The molecule has 9 heteroatoms. The summed E-state index contributed by atoms with van der Waals surface area (Å²) in [5, 5.41) is 31.9. The van der Waals surface area contributed by atoms with Gasteiger partial charge in [0.1, 0.15) is 6.54 Å². The van der Waals surface area contributed by atoms with Crippen LogP contribution in [0.5, 0.6) is 0 Å². The molecule has 0 aromatic heterocycles. The first-order chi connectivity index (χ1) is 7.52. The van der Waals surface area contributed by atoms with Crippen LogP contribution in [0.3, 0.4) is 0 Å². The molecule has 1 aliphatic rings. The average Bonchev–Trinajstić information content (AvgIpc) is 2.26. The van der Waals surface area contributed by atoms with Crippen molar-refractivity contribution in [3.63, 3.8) is 0 Å². The van der Waals surface area contributed by atoms with Crippen molar-refractivity contribution < 1.29 is 9.85 Å². The number of guanidine groups is 1. The first-order valence-electron chi connectivity index (χ1n) is 4.46. The van der Waals surface area contributed by atoms with E-state index in [4.69, 9.17) is 5.26 Å². The number of nitrogens with zero attached hydrogens (tertiary/aromatic N) is 4. The lowest BCUT2D eigenvalue weighted by Crippen LogP contribution is -2.56. The number of nitriles is 1. The Labute approximate surface area is 90.1 Å². The van der Waals surface area contributed by atoms with Gasteiger partial charge >= 0.3 is 5.96 Å². The van der Waals surface area contributed by atoms with Crippen molar-refractivity contribution in [1.82, 2.24) is 5.32 Å². The topological polar surface area (TPSA) is 134 Å². The summed E-state index contributed by atoms with van der Waals surface area (Å²) in [7, 11) is 0. The molecule has 1 unspecified atom stereocenters. The van der Waals surface area contributed by atoms with Gasteiger partial charge in [-0.1, -0.05) is 0 Å². The third-order valence-electron chi connectivity index (χ3n) is 2.36. The van der Waals surface area contributed by atoms with Crippen LogP contribution in [0.2, 0.25) is 0 Å². The van der Waals surface area contributed by atoms with Gasteiger partial charge in [0.05, 0.1) is 6.07 Å². The van der Waals surface area contributed by atoms with Gasteiger partial charge in [-0.25, -0.2) is 0 Å². The van der Waals surface area contributed by atoms with E-state index in [-0.39, 0.29) is 25.9 Å². The van der Waals surface area contributed by atoms with Crippen molar-refractivity contribution >= 4 is 5.96 Å². The van der Waals surface area contributed by atoms with Crippen LogP contribution in [0, 0.1) is 31.6 Å². The van der Waals surface area contributed by atoms with Crippen molar-refractivity contribution in [2.24, 2.45) is 4.99 Å². The summed E-state index contributed by atoms with van der Waals surface area (Å²) < 4.78 is 0. The Kier molecular flexibility index (Phi) is 3.34. The Morgan fingerprint density at radius 1 is 1.56 bits per heavy atom. The lowest BCUT2D eigenvalue weighted by atomic mass is 9.93. The van der Waals surface area contributed by atoms with Crippen LogP contribution < -0.4 is 5.32 Å². The van der Waals surface area contributed by atoms with Crippen LogP contribution in [0.15, 0.2) is 4.99 Å². The van der Waals surface area contributed by atoms with Crippen LogP contribution in [-0.2, 0) is 0 Å². The zero-order valence-electron chi connectivity index (χ0n) is 8.25. The van der Waals surface area contributed by atoms with Crippen LogP contribution in [0.25, 0.3) is 0 Å². The van der Waals surface area contributed by atoms with E-state index in [1.165, 1.54) is 0 Å². The molecule has 0 amide bonds. The average molecular weight is 227 g/mol. The van der Waals surface area contributed by atoms with E-state index in [1.807, 2.05) is 6.07 Å². The molecular formula is C7H9N5O4. The van der Waals surface area contributed by atoms with Gasteiger partial charge in [-0.2, -0.15) is 5.26 Å². The Hall–Kier alpha value is -2.24. The number of rotatable bonds is 3. The molecule has 0 aromatic carbocycles. The molecule has 0 spiro atoms. The summed E-state index contributed by atoms with van der Waals surface area (Å²) in [6.45, 7) is -0.452. The molecule has 0 bridgehead atoms. The van der Waals surface area contributed by atoms with Gasteiger partial charge < -0.3 is 10.1 Å². The summed E-state index contributed by atoms with van der Waals surface area (Å²) in [5.74, 6) is -0.463. The largest absolute Gasteiger partial charge is 0.422 e. The Morgan fingerprint density at radius 3 is 2.62 bits per heavy atom. The van der Waals surface area contributed by atoms with Crippen molar-refractivity contribution in [3.05, 3.63) is 20.2 Å². The van der Waals surface area contributed by atoms with Crippen LogP contribution in [0.1, 0.15) is 12.8 Å². The molecule has 9 nitrogen and oxygen atoms in total. The molecule has 0 fully saturated rings. The highest BCUT2D eigenvalue weighted by atomic mass is 16.6. The fraction of sp³-hybridized carbons (Fsp3) is 0.714. The third-order valence-corrected chi connectivity index (χ3v) is 2.36. The number of hydrogen-bond acceptors (Lipinski definition) is 7. The summed E-state index contributed by atoms with van der Waals surface area (Å²) in [4.78, 5) is 23.5. The quantitative estimate of drug-likeness (QED) is 0.512. The molecule has 0 aliphatic carbocycles. The van der Waals surface area contributed by atoms with Crippen molar-refractivity contribution in [3.8, 4) is 6.07 Å². The normalized spacial score (nSPS) is 23.8. The first kappa shape index (κ1) is 11.8. The maximum atomic E-state index is 10.9. The molecule has 1 aliphatic heterocycles. The maximum absolute atomic E-state index is 10.9. The van der Waals surface area contributed by atoms with Gasteiger partial charge in [-0.05, 0) is 4.92 Å². The van der Waals surface area contributed by atoms with Crippen molar-refractivity contribution in [2.75, 3.05) is 13.1 Å². The minimum absolute atomic E-state index is 0.0198. The van der Waals surface area contributed by atoms with Gasteiger partial charge in [0.25, 0.3) is 5.54 Å². The Bertz CT molecular complexity index is 387. The molecule has 86 valence electrons. The highest BCUT2D eigenvalue weighted by Gasteiger charge is 2.48. The number of nitro groups is 2. The third kappa shape index (κ3) is 2.22. The number of hydrogen-bond donors (Lipinski definition) is 1. The predicted octanol–water partition coefficient (Wildman–Crippen LogP) is -0.458. The van der Waals surface area contributed by atoms with Gasteiger partial charge in [0, 0.05) is 17.8 Å². The van der Waals surface area contributed by atoms with Gasteiger partial charge in [-0.3, -0.25) is 15.4 Å². The molecule has 1 rings (SSSR count). The summed E-state index contributed by atoms with van der Waals surface area (Å²) in [5.41, 5.74) is -1.41. The van der Waals surface area contributed by atoms with Crippen LogP contribution in [0.4, 0.5) is 0 Å². The lowest BCUT2D eigenvalue weighted by Gasteiger charge is -2.23. The fourth-order valence-electron chi connectivity index (χ4n) is 1.37. The van der Waals surface area contributed by atoms with Crippen molar-refractivity contribution in [2.45, 2.75) is 18.4 Å². The van der Waals surface area contributed by atoms with Crippen LogP contribution in [-0.4, -0.2) is 34.4 Å². The zero-order valence-corrected chi connectivity index (χ0v) is 8.25. The van der Waals surface area contributed by atoms with Gasteiger partial charge in [0.15, 0.2) is 6.54 Å². The molecule has 0 saturated carbocycles. The molecule has 0 saturated heterocycles. The zero-order chi connectivity index (χ0) is 12.2. The number of nitrogens with one attached hydrogen (secondary N) is 1. The van der Waals surface area contributed by atoms with Gasteiger partial charge in [-0.15, -0.1) is 4.99 Å². The molecule has 0 aromatic rings. The van der Waals surface area contributed by atoms with Crippen molar-refractivity contribution in [1.29, 1.82) is 5.26 Å². The summed E-state index contributed by atoms with van der Waals surface area (Å²) in [6, 6.07) is 1.81. The monoisotopic (exact) mass is 227 g/mol. The van der Waals surface area contributed by atoms with E-state index in [0.717, 1.165) is 0 Å². The molecule has 1 N–H and O–H groups in total. The second kappa shape index (κ2) is 4.52. The van der Waals surface area contributed by atoms with E-state index >= 15 is 0 Å². The van der Waals surface area contributed by atoms with Gasteiger partial charge in [0.2, 0.25) is 0 Å². The number of aliphatic imine (C=N–C) groups is 1. The van der Waals surface area contributed by atoms with E-state index in [9.17, 15) is 20.2 Å². The standard InChI is InChI=1S/C7H9N5O4/c8-3-1-2-7(12(15)16)4-9-6(10-5-7)11(13)14/h1-2,4-5H2,(H,9,10). The lowest BCUT2D eigenvalue weighted by molar-refractivity contribution is -0.566. The van der Waals surface area contributed by atoms with E-state index in [2.05, 4.69) is 10.3 Å². The second-order valence-electron chi connectivity index (χ2n) is 3.39. The Morgan fingerprint density at radius 2 is 2.25 bits per heavy atom. The van der Waals surface area contributed by atoms with E-state index in [0.29, 0.717) is 0 Å². The highest BCUT2D eigenvalue weighted by Crippen LogP contribution is 2.19. The molecule has 16 heavy (non-hydrogen) atoms. The van der Waals surface area contributed by atoms with E-state index < -0.39 is 21.3 Å². The second-order valence-corrected chi connectivity index (χ2v) is 3.39. The fourth-order valence-corrected chi connectivity index (χ4v) is 1.37. The van der Waals surface area contributed by atoms with Crippen LogP contribution >= 0.6 is 0 Å². The first-order valence-corrected chi connectivity index (χ1v) is 4.46. The summed E-state index contributed by atoms with van der Waals surface area (Å²) >= 11 is 0. The summed E-state index contributed by atoms with van der Waals surface area (Å²) in [6.07, 6.45) is 0.0456. The minimum Gasteiger partial charge on any atom is -0.390 e. The van der Waals surface area contributed by atoms with E-state index in [1.54, 1.807) is 0 Å². The highest BCUT2D eigenvalue weighted by molar-refractivity contribution is 5.72. The smallest absolute Gasteiger partial charge is 0.390 e. The predicted molar refractivity (Wildman–Crippen MR) is 51.9 cm³/mol. The molecular weight excluding hydrogens is 218 g/mol. The maximum Gasteiger partial charge on any atom is 0.422 e. The molecule has 1 atom stereocenters. The molecule has 0 radical (unpaired) electrons. The minimum atomic E-state index is -1.41. The SMILES string of the molecule is N#CCCC1([N+](=O)[O-])CN=C([N+](=O)[O-])NC1. The molecule has 1 heterocycles.